The lowest BCUT2D eigenvalue weighted by atomic mass is 10.1. The first kappa shape index (κ1) is 21.8. The van der Waals surface area contributed by atoms with E-state index in [0.717, 1.165) is 41.6 Å². The summed E-state index contributed by atoms with van der Waals surface area (Å²) in [6.45, 7) is 5.19. The Morgan fingerprint density at radius 2 is 1.97 bits per heavy atom. The summed E-state index contributed by atoms with van der Waals surface area (Å²) in [7, 11) is 0. The standard InChI is InChI=1S/C25H29ClN2O3/c1-16-7-5-11-23(17(16)2)27-24(29)15-28(14-18-8-6-12-31-18)25(30)21-13-20(21)19-9-3-4-10-22(19)26/h3-5,7,9-11,18,20-21H,6,8,12-15H2,1-2H3,(H,27,29). The highest BCUT2D eigenvalue weighted by Crippen LogP contribution is 2.50. The van der Waals surface area contributed by atoms with E-state index in [2.05, 4.69) is 5.32 Å². The zero-order chi connectivity index (χ0) is 22.0. The summed E-state index contributed by atoms with van der Waals surface area (Å²) in [6, 6.07) is 13.5. The number of halogens is 1. The number of rotatable bonds is 7. The molecule has 1 aliphatic carbocycles. The van der Waals surface area contributed by atoms with Gasteiger partial charge < -0.3 is 15.0 Å². The van der Waals surface area contributed by atoms with Crippen molar-refractivity contribution in [3.8, 4) is 0 Å². The van der Waals surface area contributed by atoms with Gasteiger partial charge in [0, 0.05) is 29.8 Å². The van der Waals surface area contributed by atoms with Crippen molar-refractivity contribution < 1.29 is 14.3 Å². The first-order valence-corrected chi connectivity index (χ1v) is 11.3. The van der Waals surface area contributed by atoms with Crippen LogP contribution in [0.2, 0.25) is 5.02 Å². The van der Waals surface area contributed by atoms with Crippen LogP contribution < -0.4 is 5.32 Å². The molecule has 2 amide bonds. The maximum absolute atomic E-state index is 13.3. The molecule has 2 aromatic carbocycles. The van der Waals surface area contributed by atoms with E-state index in [9.17, 15) is 9.59 Å². The van der Waals surface area contributed by atoms with Gasteiger partial charge in [-0.15, -0.1) is 0 Å². The number of carbonyl (C=O) groups excluding carboxylic acids is 2. The highest BCUT2D eigenvalue weighted by atomic mass is 35.5. The van der Waals surface area contributed by atoms with Crippen molar-refractivity contribution in [2.45, 2.75) is 45.1 Å². The molecule has 164 valence electrons. The molecule has 31 heavy (non-hydrogen) atoms. The number of nitrogens with zero attached hydrogens (tertiary/aromatic N) is 1. The second-order valence-electron chi connectivity index (χ2n) is 8.62. The average molecular weight is 441 g/mol. The van der Waals surface area contributed by atoms with Gasteiger partial charge in [0.25, 0.3) is 0 Å². The van der Waals surface area contributed by atoms with Gasteiger partial charge in [-0.05, 0) is 67.9 Å². The largest absolute Gasteiger partial charge is 0.376 e. The Bertz CT molecular complexity index is 971. The first-order chi connectivity index (χ1) is 14.9. The van der Waals surface area contributed by atoms with Crippen molar-refractivity contribution >= 4 is 29.1 Å². The minimum atomic E-state index is -0.185. The van der Waals surface area contributed by atoms with Gasteiger partial charge in [0.05, 0.1) is 12.6 Å². The normalized spacial score (nSPS) is 22.2. The predicted octanol–water partition coefficient (Wildman–Crippen LogP) is 4.71. The van der Waals surface area contributed by atoms with E-state index < -0.39 is 0 Å². The lowest BCUT2D eigenvalue weighted by Gasteiger charge is -2.25. The molecule has 1 saturated carbocycles. The highest BCUT2D eigenvalue weighted by Gasteiger charge is 2.47. The van der Waals surface area contributed by atoms with Crippen LogP contribution in [-0.4, -0.2) is 42.5 Å². The van der Waals surface area contributed by atoms with Crippen LogP contribution in [0.4, 0.5) is 5.69 Å². The predicted molar refractivity (Wildman–Crippen MR) is 122 cm³/mol. The number of hydrogen-bond acceptors (Lipinski definition) is 3. The quantitative estimate of drug-likeness (QED) is 0.678. The molecule has 0 bridgehead atoms. The molecule has 1 N–H and O–H groups in total. The van der Waals surface area contributed by atoms with E-state index in [4.69, 9.17) is 16.3 Å². The van der Waals surface area contributed by atoms with Crippen molar-refractivity contribution in [2.24, 2.45) is 5.92 Å². The van der Waals surface area contributed by atoms with Crippen molar-refractivity contribution in [2.75, 3.05) is 25.0 Å². The van der Waals surface area contributed by atoms with Crippen LogP contribution in [-0.2, 0) is 14.3 Å². The number of nitrogens with one attached hydrogen (secondary N) is 1. The molecule has 6 heteroatoms. The maximum atomic E-state index is 13.3. The molecule has 2 fully saturated rings. The Balaban J connectivity index is 1.45. The average Bonchev–Trinajstić information content (AvgIpc) is 3.37. The summed E-state index contributed by atoms with van der Waals surface area (Å²) in [5, 5.41) is 3.67. The monoisotopic (exact) mass is 440 g/mol. The third-order valence-corrected chi connectivity index (χ3v) is 6.73. The second kappa shape index (κ2) is 9.41. The lowest BCUT2D eigenvalue weighted by molar-refractivity contribution is -0.137. The van der Waals surface area contributed by atoms with Gasteiger partial charge in [0.15, 0.2) is 0 Å². The molecule has 0 spiro atoms. The van der Waals surface area contributed by atoms with Crippen molar-refractivity contribution in [1.29, 1.82) is 0 Å². The second-order valence-corrected chi connectivity index (χ2v) is 9.03. The van der Waals surface area contributed by atoms with Crippen LogP contribution in [0.15, 0.2) is 42.5 Å². The summed E-state index contributed by atoms with van der Waals surface area (Å²) in [4.78, 5) is 27.9. The van der Waals surface area contributed by atoms with E-state index in [1.54, 1.807) is 4.90 Å². The van der Waals surface area contributed by atoms with Crippen molar-refractivity contribution in [1.82, 2.24) is 4.90 Å². The number of carbonyl (C=O) groups is 2. The molecule has 1 aliphatic heterocycles. The van der Waals surface area contributed by atoms with E-state index in [1.165, 1.54) is 0 Å². The summed E-state index contributed by atoms with van der Waals surface area (Å²) in [6.07, 6.45) is 2.67. The summed E-state index contributed by atoms with van der Waals surface area (Å²) < 4.78 is 5.75. The minimum absolute atomic E-state index is 0.00466. The van der Waals surface area contributed by atoms with Crippen molar-refractivity contribution in [3.05, 3.63) is 64.2 Å². The zero-order valence-corrected chi connectivity index (χ0v) is 18.8. The number of aryl methyl sites for hydroxylation is 1. The Morgan fingerprint density at radius 3 is 2.71 bits per heavy atom. The van der Waals surface area contributed by atoms with Crippen LogP contribution in [0.25, 0.3) is 0 Å². The molecule has 3 unspecified atom stereocenters. The van der Waals surface area contributed by atoms with Gasteiger partial charge in [-0.3, -0.25) is 9.59 Å². The third kappa shape index (κ3) is 5.10. The summed E-state index contributed by atoms with van der Waals surface area (Å²) in [5.41, 5.74) is 3.95. The molecule has 0 radical (unpaired) electrons. The van der Waals surface area contributed by atoms with Crippen molar-refractivity contribution in [3.63, 3.8) is 0 Å². The fourth-order valence-corrected chi connectivity index (χ4v) is 4.61. The fourth-order valence-electron chi connectivity index (χ4n) is 4.34. The van der Waals surface area contributed by atoms with Crippen LogP contribution in [0.3, 0.4) is 0 Å². The van der Waals surface area contributed by atoms with E-state index >= 15 is 0 Å². The molecule has 4 rings (SSSR count). The molecule has 3 atom stereocenters. The van der Waals surface area contributed by atoms with Gasteiger partial charge in [-0.2, -0.15) is 0 Å². The van der Waals surface area contributed by atoms with E-state index in [0.29, 0.717) is 18.2 Å². The van der Waals surface area contributed by atoms with Gasteiger partial charge in [-0.25, -0.2) is 0 Å². The molecule has 5 nitrogen and oxygen atoms in total. The Morgan fingerprint density at radius 1 is 1.16 bits per heavy atom. The smallest absolute Gasteiger partial charge is 0.244 e. The SMILES string of the molecule is Cc1cccc(NC(=O)CN(CC2CCCO2)C(=O)C2CC2c2ccccc2Cl)c1C. The first-order valence-electron chi connectivity index (χ1n) is 10.9. The number of benzene rings is 2. The third-order valence-electron chi connectivity index (χ3n) is 6.39. The molecule has 2 aromatic rings. The van der Waals surface area contributed by atoms with Gasteiger partial charge in [-0.1, -0.05) is 41.9 Å². The molecular weight excluding hydrogens is 412 g/mol. The highest BCUT2D eigenvalue weighted by molar-refractivity contribution is 6.31. The molecular formula is C25H29ClN2O3. The molecule has 1 heterocycles. The molecule has 0 aromatic heterocycles. The van der Waals surface area contributed by atoms with Crippen LogP contribution in [0.5, 0.6) is 0 Å². The van der Waals surface area contributed by atoms with Gasteiger partial charge >= 0.3 is 0 Å². The van der Waals surface area contributed by atoms with Gasteiger partial charge in [0.1, 0.15) is 0 Å². The zero-order valence-electron chi connectivity index (χ0n) is 18.1. The number of ether oxygens (including phenoxy) is 1. The topological polar surface area (TPSA) is 58.6 Å². The Kier molecular flexibility index (Phi) is 6.63. The summed E-state index contributed by atoms with van der Waals surface area (Å²) in [5.74, 6) is -0.184. The molecule has 2 aliphatic rings. The number of amides is 2. The van der Waals surface area contributed by atoms with Crippen LogP contribution in [0.1, 0.15) is 41.9 Å². The van der Waals surface area contributed by atoms with Crippen LogP contribution >= 0.6 is 11.6 Å². The minimum Gasteiger partial charge on any atom is -0.376 e. The molecule has 1 saturated heterocycles. The van der Waals surface area contributed by atoms with Gasteiger partial charge in [0.2, 0.25) is 11.8 Å². The Hall–Kier alpha value is -2.37. The number of anilines is 1. The van der Waals surface area contributed by atoms with E-state index in [1.807, 2.05) is 56.3 Å². The lowest BCUT2D eigenvalue weighted by Crippen LogP contribution is -2.43. The summed E-state index contributed by atoms with van der Waals surface area (Å²) >= 11 is 6.34. The Labute approximate surface area is 188 Å². The fraction of sp³-hybridized carbons (Fsp3) is 0.440. The maximum Gasteiger partial charge on any atom is 0.244 e. The number of hydrogen-bond donors (Lipinski definition) is 1. The van der Waals surface area contributed by atoms with E-state index in [-0.39, 0.29) is 36.3 Å². The van der Waals surface area contributed by atoms with Crippen LogP contribution in [0, 0.1) is 19.8 Å².